The summed E-state index contributed by atoms with van der Waals surface area (Å²) in [5, 5.41) is 4.43. The Morgan fingerprint density at radius 3 is 2.15 bits per heavy atom. The van der Waals surface area contributed by atoms with Crippen LogP contribution in [0.15, 0.2) is 6.07 Å². The van der Waals surface area contributed by atoms with Gasteiger partial charge in [0.2, 0.25) is 0 Å². The molecule has 20 heavy (non-hydrogen) atoms. The van der Waals surface area contributed by atoms with Crippen molar-refractivity contribution >= 4 is 0 Å². The molecule has 0 aliphatic heterocycles. The van der Waals surface area contributed by atoms with Gasteiger partial charge in [-0.25, -0.2) is 0 Å². The number of hydrogen-bond donors (Lipinski definition) is 1. The molecule has 0 amide bonds. The molecule has 2 N–H and O–H groups in total. The first-order chi connectivity index (χ1) is 9.44. The summed E-state index contributed by atoms with van der Waals surface area (Å²) in [6.07, 6.45) is 3.06. The van der Waals surface area contributed by atoms with Crippen molar-refractivity contribution in [2.24, 2.45) is 12.8 Å². The molecular weight excluding hydrogens is 248 g/mol. The van der Waals surface area contributed by atoms with Gasteiger partial charge in [0.05, 0.1) is 5.69 Å². The second kappa shape index (κ2) is 7.23. The van der Waals surface area contributed by atoms with E-state index in [0.717, 1.165) is 38.0 Å². The van der Waals surface area contributed by atoms with Crippen molar-refractivity contribution in [2.75, 3.05) is 13.1 Å². The van der Waals surface area contributed by atoms with Gasteiger partial charge < -0.3 is 5.73 Å². The molecule has 0 saturated heterocycles. The lowest BCUT2D eigenvalue weighted by atomic mass is 9.80. The lowest BCUT2D eigenvalue weighted by Crippen LogP contribution is -2.60. The fourth-order valence-corrected chi connectivity index (χ4v) is 3.58. The van der Waals surface area contributed by atoms with Crippen LogP contribution in [-0.2, 0) is 13.5 Å². The van der Waals surface area contributed by atoms with E-state index < -0.39 is 0 Å². The van der Waals surface area contributed by atoms with E-state index in [-0.39, 0.29) is 11.6 Å². The van der Waals surface area contributed by atoms with E-state index in [1.54, 1.807) is 0 Å². The molecule has 0 bridgehead atoms. The van der Waals surface area contributed by atoms with Crippen LogP contribution in [0.25, 0.3) is 0 Å². The van der Waals surface area contributed by atoms with E-state index in [2.05, 4.69) is 43.8 Å². The van der Waals surface area contributed by atoms with E-state index in [9.17, 15) is 0 Å². The third-order valence-electron chi connectivity index (χ3n) is 4.84. The van der Waals surface area contributed by atoms with Crippen LogP contribution in [0.2, 0.25) is 0 Å². The van der Waals surface area contributed by atoms with Crippen LogP contribution in [0, 0.1) is 6.92 Å². The molecule has 0 radical (unpaired) electrons. The van der Waals surface area contributed by atoms with Crippen LogP contribution in [0.1, 0.15) is 51.9 Å². The summed E-state index contributed by atoms with van der Waals surface area (Å²) < 4.78 is 1.97. The largest absolute Gasteiger partial charge is 0.326 e. The maximum atomic E-state index is 6.65. The highest BCUT2D eigenvalue weighted by Gasteiger charge is 2.38. The fourth-order valence-electron chi connectivity index (χ4n) is 3.58. The molecule has 1 aromatic heterocycles. The average Bonchev–Trinajstić information content (AvgIpc) is 2.74. The Kier molecular flexibility index (Phi) is 6.21. The first-order valence-corrected chi connectivity index (χ1v) is 7.95. The molecule has 4 heteroatoms. The summed E-state index contributed by atoms with van der Waals surface area (Å²) in [5.74, 6) is 0. The second-order valence-electron chi connectivity index (χ2n) is 5.69. The normalized spacial score (nSPS) is 14.0. The number of aryl methyl sites for hydroxylation is 2. The lowest BCUT2D eigenvalue weighted by molar-refractivity contribution is 0.0622. The molecule has 0 aliphatic rings. The maximum Gasteiger partial charge on any atom is 0.0596 e. The number of hydrogen-bond acceptors (Lipinski definition) is 3. The molecule has 116 valence electrons. The molecule has 1 aromatic rings. The first kappa shape index (κ1) is 17.2. The summed E-state index contributed by atoms with van der Waals surface area (Å²) in [4.78, 5) is 2.53. The van der Waals surface area contributed by atoms with Crippen molar-refractivity contribution < 1.29 is 0 Å². The van der Waals surface area contributed by atoms with Crippen LogP contribution in [-0.4, -0.2) is 39.4 Å². The van der Waals surface area contributed by atoms with Crippen molar-refractivity contribution in [3.63, 3.8) is 0 Å². The van der Waals surface area contributed by atoms with Gasteiger partial charge in [0.15, 0.2) is 0 Å². The third kappa shape index (κ3) is 3.23. The van der Waals surface area contributed by atoms with Gasteiger partial charge in [-0.15, -0.1) is 0 Å². The van der Waals surface area contributed by atoms with Gasteiger partial charge in [-0.2, -0.15) is 5.10 Å². The van der Waals surface area contributed by atoms with Gasteiger partial charge in [-0.1, -0.05) is 27.7 Å². The maximum absolute atomic E-state index is 6.65. The zero-order valence-corrected chi connectivity index (χ0v) is 14.1. The van der Waals surface area contributed by atoms with Gasteiger partial charge in [0, 0.05) is 30.7 Å². The Bertz CT molecular complexity index is 403. The van der Waals surface area contributed by atoms with E-state index in [1.165, 1.54) is 5.69 Å². The summed E-state index contributed by atoms with van der Waals surface area (Å²) in [6, 6.07) is 2.28. The Labute approximate surface area is 124 Å². The summed E-state index contributed by atoms with van der Waals surface area (Å²) >= 11 is 0. The monoisotopic (exact) mass is 280 g/mol. The summed E-state index contributed by atoms with van der Waals surface area (Å²) in [5.41, 5.74) is 9.03. The van der Waals surface area contributed by atoms with Gasteiger partial charge in [-0.05, 0) is 38.9 Å². The molecule has 0 saturated carbocycles. The predicted octanol–water partition coefficient (Wildman–Crippen LogP) is 2.50. The standard InChI is InChI=1S/C16H32N4/c1-7-16(8-2,20(9-3)10-4)15(17)12-14-11-13(5)18-19(14)6/h11,15H,7-10,12,17H2,1-6H3. The number of rotatable bonds is 8. The Hall–Kier alpha value is -0.870. The van der Waals surface area contributed by atoms with E-state index >= 15 is 0 Å². The molecule has 1 rings (SSSR count). The highest BCUT2D eigenvalue weighted by Crippen LogP contribution is 2.28. The molecule has 0 fully saturated rings. The van der Waals surface area contributed by atoms with Crippen molar-refractivity contribution in [3.8, 4) is 0 Å². The van der Waals surface area contributed by atoms with Gasteiger partial charge >= 0.3 is 0 Å². The molecule has 1 atom stereocenters. The minimum Gasteiger partial charge on any atom is -0.326 e. The van der Waals surface area contributed by atoms with Crippen LogP contribution >= 0.6 is 0 Å². The Balaban J connectivity index is 2.99. The Morgan fingerprint density at radius 2 is 1.80 bits per heavy atom. The molecule has 4 nitrogen and oxygen atoms in total. The SMILES string of the molecule is CCN(CC)C(CC)(CC)C(N)Cc1cc(C)nn1C. The molecule has 1 unspecified atom stereocenters. The van der Waals surface area contributed by atoms with Crippen LogP contribution in [0.3, 0.4) is 0 Å². The van der Waals surface area contributed by atoms with E-state index in [1.807, 2.05) is 18.7 Å². The van der Waals surface area contributed by atoms with E-state index in [0.29, 0.717) is 0 Å². The van der Waals surface area contributed by atoms with Gasteiger partial charge in [-0.3, -0.25) is 9.58 Å². The minimum absolute atomic E-state index is 0.0850. The number of aromatic nitrogens is 2. The number of nitrogens with two attached hydrogens (primary N) is 1. The third-order valence-corrected chi connectivity index (χ3v) is 4.84. The van der Waals surface area contributed by atoms with Crippen molar-refractivity contribution in [3.05, 3.63) is 17.5 Å². The second-order valence-corrected chi connectivity index (χ2v) is 5.69. The van der Waals surface area contributed by atoms with Crippen LogP contribution < -0.4 is 5.73 Å². The highest BCUT2D eigenvalue weighted by molar-refractivity contribution is 5.12. The summed E-state index contributed by atoms with van der Waals surface area (Å²) in [7, 11) is 2.01. The fraction of sp³-hybridized carbons (Fsp3) is 0.812. The van der Waals surface area contributed by atoms with Crippen LogP contribution in [0.5, 0.6) is 0 Å². The molecular formula is C16H32N4. The van der Waals surface area contributed by atoms with E-state index in [4.69, 9.17) is 5.73 Å². The van der Waals surface area contributed by atoms with Crippen LogP contribution in [0.4, 0.5) is 0 Å². The van der Waals surface area contributed by atoms with Crippen molar-refractivity contribution in [1.82, 2.24) is 14.7 Å². The highest BCUT2D eigenvalue weighted by atomic mass is 15.3. The molecule has 0 aliphatic carbocycles. The topological polar surface area (TPSA) is 47.1 Å². The van der Waals surface area contributed by atoms with Gasteiger partial charge in [0.25, 0.3) is 0 Å². The summed E-state index contributed by atoms with van der Waals surface area (Å²) in [6.45, 7) is 13.1. The zero-order chi connectivity index (χ0) is 15.3. The number of nitrogens with zero attached hydrogens (tertiary/aromatic N) is 3. The predicted molar refractivity (Wildman–Crippen MR) is 85.9 cm³/mol. The minimum atomic E-state index is 0.0850. The van der Waals surface area contributed by atoms with Crippen molar-refractivity contribution in [2.45, 2.75) is 65.5 Å². The quantitative estimate of drug-likeness (QED) is 0.796. The first-order valence-electron chi connectivity index (χ1n) is 7.95. The van der Waals surface area contributed by atoms with Gasteiger partial charge in [0.1, 0.15) is 0 Å². The van der Waals surface area contributed by atoms with Crippen molar-refractivity contribution in [1.29, 1.82) is 0 Å². The number of likely N-dealkylation sites (N-methyl/N-ethyl adjacent to an activating group) is 1. The average molecular weight is 280 g/mol. The molecule has 1 heterocycles. The molecule has 0 spiro atoms. The smallest absolute Gasteiger partial charge is 0.0596 e. The molecule has 0 aromatic carbocycles. The lowest BCUT2D eigenvalue weighted by Gasteiger charge is -2.46. The zero-order valence-electron chi connectivity index (χ0n) is 14.1. The Morgan fingerprint density at radius 1 is 1.25 bits per heavy atom.